The van der Waals surface area contributed by atoms with Crippen molar-refractivity contribution in [3.63, 3.8) is 0 Å². The summed E-state index contributed by atoms with van der Waals surface area (Å²) in [4.78, 5) is 0. The van der Waals surface area contributed by atoms with Crippen LogP contribution in [0.5, 0.6) is 11.5 Å². The lowest BCUT2D eigenvalue weighted by molar-refractivity contribution is 0.190. The number of phenolic OH excluding ortho intramolecular Hbond substituents is 2. The van der Waals surface area contributed by atoms with Crippen molar-refractivity contribution in [1.29, 1.82) is 0 Å². The molecule has 0 aliphatic heterocycles. The second-order valence-electron chi connectivity index (χ2n) is 5.51. The lowest BCUT2D eigenvalue weighted by atomic mass is 9.96. The molecule has 2 rings (SSSR count). The summed E-state index contributed by atoms with van der Waals surface area (Å²) < 4.78 is 0. The number of phenols is 2. The molecular weight excluding hydrogens is 242 g/mol. The van der Waals surface area contributed by atoms with Crippen LogP contribution in [-0.4, -0.2) is 28.5 Å². The second-order valence-corrected chi connectivity index (χ2v) is 5.51. The van der Waals surface area contributed by atoms with Gasteiger partial charge in [-0.15, -0.1) is 0 Å². The first-order valence-corrected chi connectivity index (χ1v) is 6.98. The maximum atomic E-state index is 9.81. The topological polar surface area (TPSA) is 72.7 Å². The smallest absolute Gasteiger partial charge is 0.124 e. The van der Waals surface area contributed by atoms with Crippen molar-refractivity contribution < 1.29 is 15.3 Å². The predicted molar refractivity (Wildman–Crippen MR) is 74.1 cm³/mol. The van der Waals surface area contributed by atoms with Crippen LogP contribution in [-0.2, 0) is 0 Å². The van der Waals surface area contributed by atoms with Gasteiger partial charge in [0, 0.05) is 24.3 Å². The molecule has 106 valence electrons. The molecule has 19 heavy (non-hydrogen) atoms. The van der Waals surface area contributed by atoms with E-state index in [0.717, 1.165) is 24.9 Å². The molecule has 0 aromatic heterocycles. The molecule has 1 aliphatic rings. The average Bonchev–Trinajstić information content (AvgIpc) is 2.83. The molecular formula is C15H23NO3. The average molecular weight is 265 g/mol. The molecule has 1 aromatic carbocycles. The zero-order valence-corrected chi connectivity index (χ0v) is 11.3. The van der Waals surface area contributed by atoms with Gasteiger partial charge < -0.3 is 20.6 Å². The van der Waals surface area contributed by atoms with Gasteiger partial charge in [-0.2, -0.15) is 0 Å². The Kier molecular flexibility index (Phi) is 4.66. The molecule has 1 aromatic rings. The van der Waals surface area contributed by atoms with Crippen LogP contribution in [0.1, 0.15) is 37.8 Å². The molecule has 0 heterocycles. The fourth-order valence-electron chi connectivity index (χ4n) is 2.96. The minimum Gasteiger partial charge on any atom is -0.508 e. The molecule has 1 fully saturated rings. The summed E-state index contributed by atoms with van der Waals surface area (Å²) in [5, 5.41) is 31.8. The first-order valence-electron chi connectivity index (χ1n) is 6.98. The molecule has 1 saturated carbocycles. The number of nitrogens with one attached hydrogen (secondary N) is 1. The van der Waals surface area contributed by atoms with E-state index in [2.05, 4.69) is 5.32 Å². The third-order valence-corrected chi connectivity index (χ3v) is 4.22. The van der Waals surface area contributed by atoms with Crippen molar-refractivity contribution in [2.75, 3.05) is 13.2 Å². The van der Waals surface area contributed by atoms with Gasteiger partial charge in [0.1, 0.15) is 11.5 Å². The largest absolute Gasteiger partial charge is 0.508 e. The fraction of sp³-hybridized carbons (Fsp3) is 0.600. The van der Waals surface area contributed by atoms with Crippen LogP contribution in [0.15, 0.2) is 18.2 Å². The highest BCUT2D eigenvalue weighted by Crippen LogP contribution is 2.32. The van der Waals surface area contributed by atoms with E-state index < -0.39 is 0 Å². The Hall–Kier alpha value is -1.26. The van der Waals surface area contributed by atoms with Gasteiger partial charge in [-0.3, -0.25) is 0 Å². The second kappa shape index (κ2) is 6.26. The number of benzene rings is 1. The number of aliphatic hydroxyl groups is 1. The van der Waals surface area contributed by atoms with Gasteiger partial charge in [-0.1, -0.05) is 12.5 Å². The van der Waals surface area contributed by atoms with Gasteiger partial charge >= 0.3 is 0 Å². The zero-order valence-electron chi connectivity index (χ0n) is 11.3. The SMILES string of the molecule is CC(NCC1CCCC1CO)c1ccc(O)cc1O. The molecule has 0 radical (unpaired) electrons. The van der Waals surface area contributed by atoms with E-state index in [1.807, 2.05) is 6.92 Å². The summed E-state index contributed by atoms with van der Waals surface area (Å²) >= 11 is 0. The molecule has 3 unspecified atom stereocenters. The van der Waals surface area contributed by atoms with Crippen molar-refractivity contribution in [3.8, 4) is 11.5 Å². The minimum absolute atomic E-state index is 0.0283. The summed E-state index contributed by atoms with van der Waals surface area (Å²) in [7, 11) is 0. The Morgan fingerprint density at radius 3 is 2.68 bits per heavy atom. The van der Waals surface area contributed by atoms with Crippen molar-refractivity contribution in [1.82, 2.24) is 5.32 Å². The highest BCUT2D eigenvalue weighted by molar-refractivity contribution is 5.40. The van der Waals surface area contributed by atoms with Crippen molar-refractivity contribution >= 4 is 0 Å². The Bertz CT molecular complexity index is 422. The number of aliphatic hydroxyl groups excluding tert-OH is 1. The summed E-state index contributed by atoms with van der Waals surface area (Å²) in [5.74, 6) is 1.12. The zero-order chi connectivity index (χ0) is 13.8. The van der Waals surface area contributed by atoms with E-state index in [-0.39, 0.29) is 24.1 Å². The maximum absolute atomic E-state index is 9.81. The Balaban J connectivity index is 1.92. The van der Waals surface area contributed by atoms with E-state index in [9.17, 15) is 15.3 Å². The van der Waals surface area contributed by atoms with Crippen LogP contribution in [0, 0.1) is 11.8 Å². The normalized spacial score (nSPS) is 24.5. The summed E-state index contributed by atoms with van der Waals surface area (Å²) in [6.45, 7) is 3.12. The van der Waals surface area contributed by atoms with Crippen molar-refractivity contribution in [3.05, 3.63) is 23.8 Å². The number of hydrogen-bond donors (Lipinski definition) is 4. The van der Waals surface area contributed by atoms with Crippen molar-refractivity contribution in [2.24, 2.45) is 11.8 Å². The highest BCUT2D eigenvalue weighted by atomic mass is 16.3. The van der Waals surface area contributed by atoms with E-state index in [1.165, 1.54) is 12.5 Å². The van der Waals surface area contributed by atoms with Gasteiger partial charge in [0.15, 0.2) is 0 Å². The van der Waals surface area contributed by atoms with Crippen LogP contribution in [0.4, 0.5) is 0 Å². The van der Waals surface area contributed by atoms with Gasteiger partial charge in [0.05, 0.1) is 0 Å². The Morgan fingerprint density at radius 1 is 1.26 bits per heavy atom. The van der Waals surface area contributed by atoms with Crippen LogP contribution < -0.4 is 5.32 Å². The minimum atomic E-state index is 0.0283. The molecule has 4 nitrogen and oxygen atoms in total. The number of hydrogen-bond acceptors (Lipinski definition) is 4. The van der Waals surface area contributed by atoms with Gasteiger partial charge in [0.2, 0.25) is 0 Å². The van der Waals surface area contributed by atoms with Crippen LogP contribution in [0.25, 0.3) is 0 Å². The molecule has 4 heteroatoms. The summed E-state index contributed by atoms with van der Waals surface area (Å²) in [6.07, 6.45) is 3.46. The fourth-order valence-corrected chi connectivity index (χ4v) is 2.96. The molecule has 0 amide bonds. The number of rotatable bonds is 5. The lowest BCUT2D eigenvalue weighted by Crippen LogP contribution is -2.28. The Morgan fingerprint density at radius 2 is 2.00 bits per heavy atom. The number of aromatic hydroxyl groups is 2. The van der Waals surface area contributed by atoms with Crippen molar-refractivity contribution in [2.45, 2.75) is 32.2 Å². The summed E-state index contributed by atoms with van der Waals surface area (Å²) in [5.41, 5.74) is 0.788. The molecule has 4 N–H and O–H groups in total. The van der Waals surface area contributed by atoms with Gasteiger partial charge in [-0.25, -0.2) is 0 Å². The molecule has 1 aliphatic carbocycles. The highest BCUT2D eigenvalue weighted by Gasteiger charge is 2.26. The van der Waals surface area contributed by atoms with E-state index in [4.69, 9.17) is 0 Å². The molecule has 0 bridgehead atoms. The summed E-state index contributed by atoms with van der Waals surface area (Å²) in [6, 6.07) is 4.71. The molecule has 0 saturated heterocycles. The molecule has 3 atom stereocenters. The van der Waals surface area contributed by atoms with E-state index in [1.54, 1.807) is 12.1 Å². The monoisotopic (exact) mass is 265 g/mol. The van der Waals surface area contributed by atoms with Gasteiger partial charge in [0.25, 0.3) is 0 Å². The van der Waals surface area contributed by atoms with Crippen LogP contribution in [0.2, 0.25) is 0 Å². The first kappa shape index (κ1) is 14.2. The molecule has 0 spiro atoms. The third kappa shape index (κ3) is 3.39. The standard InChI is InChI=1S/C15H23NO3/c1-10(14-6-5-13(18)7-15(14)19)16-8-11-3-2-4-12(11)9-17/h5-7,10-12,16-19H,2-4,8-9H2,1H3. The first-order chi connectivity index (χ1) is 9.11. The van der Waals surface area contributed by atoms with E-state index >= 15 is 0 Å². The van der Waals surface area contributed by atoms with Gasteiger partial charge in [-0.05, 0) is 44.2 Å². The Labute approximate surface area is 114 Å². The van der Waals surface area contributed by atoms with E-state index in [0.29, 0.717) is 11.8 Å². The predicted octanol–water partition coefficient (Wildman–Crippen LogP) is 2.16. The quantitative estimate of drug-likeness (QED) is 0.658. The third-order valence-electron chi connectivity index (χ3n) is 4.22. The lowest BCUT2D eigenvalue weighted by Gasteiger charge is -2.22. The van der Waals surface area contributed by atoms with Crippen LogP contribution >= 0.6 is 0 Å². The maximum Gasteiger partial charge on any atom is 0.124 e. The van der Waals surface area contributed by atoms with Crippen LogP contribution in [0.3, 0.4) is 0 Å².